The number of halogens is 2. The van der Waals surface area contributed by atoms with Gasteiger partial charge in [-0.25, -0.2) is 4.98 Å². The summed E-state index contributed by atoms with van der Waals surface area (Å²) in [6.45, 7) is 0.579. The molecular weight excluding hydrogens is 261 g/mol. The number of likely N-dealkylation sites (tertiary alicyclic amines) is 1. The Morgan fingerprint density at radius 2 is 2.29 bits per heavy atom. The van der Waals surface area contributed by atoms with Crippen LogP contribution in [-0.4, -0.2) is 28.4 Å². The van der Waals surface area contributed by atoms with Crippen molar-refractivity contribution in [1.29, 1.82) is 5.26 Å². The highest BCUT2D eigenvalue weighted by molar-refractivity contribution is 6.34. The zero-order valence-electron chi connectivity index (χ0n) is 8.86. The van der Waals surface area contributed by atoms with E-state index in [2.05, 4.69) is 11.1 Å². The highest BCUT2D eigenvalue weighted by atomic mass is 35.5. The first kappa shape index (κ1) is 12.2. The smallest absolute Gasteiger partial charge is 0.258 e. The molecule has 1 amide bonds. The van der Waals surface area contributed by atoms with E-state index >= 15 is 0 Å². The molecule has 0 N–H and O–H groups in total. The van der Waals surface area contributed by atoms with Crippen molar-refractivity contribution in [2.75, 3.05) is 6.54 Å². The molecule has 1 aromatic heterocycles. The second kappa shape index (κ2) is 4.91. The van der Waals surface area contributed by atoms with Crippen molar-refractivity contribution in [2.24, 2.45) is 0 Å². The first-order chi connectivity index (χ1) is 8.13. The number of nitriles is 1. The van der Waals surface area contributed by atoms with Gasteiger partial charge < -0.3 is 4.90 Å². The lowest BCUT2D eigenvalue weighted by molar-refractivity contribution is 0.0764. The summed E-state index contributed by atoms with van der Waals surface area (Å²) in [4.78, 5) is 17.5. The van der Waals surface area contributed by atoms with Crippen molar-refractivity contribution in [3.8, 4) is 6.07 Å². The van der Waals surface area contributed by atoms with Crippen LogP contribution in [0.4, 0.5) is 0 Å². The van der Waals surface area contributed by atoms with Crippen LogP contribution in [0, 0.1) is 11.3 Å². The van der Waals surface area contributed by atoms with Gasteiger partial charge in [0.25, 0.3) is 5.91 Å². The minimum atomic E-state index is -0.366. The van der Waals surface area contributed by atoms with Crippen LogP contribution in [0.1, 0.15) is 23.2 Å². The van der Waals surface area contributed by atoms with Crippen molar-refractivity contribution in [1.82, 2.24) is 9.88 Å². The van der Waals surface area contributed by atoms with Gasteiger partial charge in [0.15, 0.2) is 0 Å². The van der Waals surface area contributed by atoms with Crippen molar-refractivity contribution >= 4 is 29.1 Å². The quantitative estimate of drug-likeness (QED) is 0.737. The number of rotatable bonds is 1. The Hall–Kier alpha value is -1.31. The lowest BCUT2D eigenvalue weighted by atomic mass is 10.2. The third-order valence-corrected chi connectivity index (χ3v) is 3.21. The van der Waals surface area contributed by atoms with Crippen molar-refractivity contribution < 1.29 is 4.79 Å². The normalized spacial score (nSPS) is 19.1. The maximum atomic E-state index is 12.2. The zero-order chi connectivity index (χ0) is 12.4. The van der Waals surface area contributed by atoms with Gasteiger partial charge in [-0.15, -0.1) is 0 Å². The molecule has 1 saturated heterocycles. The highest BCUT2D eigenvalue weighted by Gasteiger charge is 2.30. The second-order valence-electron chi connectivity index (χ2n) is 3.76. The van der Waals surface area contributed by atoms with Gasteiger partial charge in [-0.05, 0) is 25.0 Å². The van der Waals surface area contributed by atoms with Gasteiger partial charge in [0.2, 0.25) is 0 Å². The Morgan fingerprint density at radius 1 is 1.53 bits per heavy atom. The van der Waals surface area contributed by atoms with Gasteiger partial charge in [-0.2, -0.15) is 5.26 Å². The van der Waals surface area contributed by atoms with Gasteiger partial charge in [-0.1, -0.05) is 23.2 Å². The van der Waals surface area contributed by atoms with E-state index in [1.165, 1.54) is 17.0 Å². The van der Waals surface area contributed by atoms with E-state index in [4.69, 9.17) is 28.5 Å². The van der Waals surface area contributed by atoms with Crippen LogP contribution in [0.3, 0.4) is 0 Å². The van der Waals surface area contributed by atoms with E-state index in [1.54, 1.807) is 0 Å². The SMILES string of the molecule is N#CC1CCCN1C(=O)c1ccc(Cl)nc1Cl. The van der Waals surface area contributed by atoms with Gasteiger partial charge in [-0.3, -0.25) is 4.79 Å². The molecule has 1 unspecified atom stereocenters. The lowest BCUT2D eigenvalue weighted by Crippen LogP contribution is -2.34. The van der Waals surface area contributed by atoms with Gasteiger partial charge in [0, 0.05) is 6.54 Å². The third-order valence-electron chi connectivity index (χ3n) is 2.71. The number of carbonyl (C=O) groups is 1. The molecular formula is C11H9Cl2N3O. The lowest BCUT2D eigenvalue weighted by Gasteiger charge is -2.19. The Balaban J connectivity index is 2.28. The van der Waals surface area contributed by atoms with Crippen LogP contribution in [-0.2, 0) is 0 Å². The summed E-state index contributed by atoms with van der Waals surface area (Å²) in [5.74, 6) is -0.261. The Labute approximate surface area is 109 Å². The average Bonchev–Trinajstić information content (AvgIpc) is 2.76. The van der Waals surface area contributed by atoms with Crippen LogP contribution in [0.25, 0.3) is 0 Å². The number of nitrogens with zero attached hydrogens (tertiary/aromatic N) is 3. The fourth-order valence-corrected chi connectivity index (χ4v) is 2.30. The third kappa shape index (κ3) is 2.36. The van der Waals surface area contributed by atoms with Crippen molar-refractivity contribution in [3.05, 3.63) is 28.0 Å². The molecule has 1 fully saturated rings. The minimum absolute atomic E-state index is 0.0751. The summed E-state index contributed by atoms with van der Waals surface area (Å²) in [7, 11) is 0. The average molecular weight is 270 g/mol. The Morgan fingerprint density at radius 3 is 2.94 bits per heavy atom. The predicted octanol–water partition coefficient (Wildman–Crippen LogP) is 2.52. The number of aromatic nitrogens is 1. The maximum absolute atomic E-state index is 12.2. The fraction of sp³-hybridized carbons (Fsp3) is 0.364. The molecule has 1 aliphatic rings. The maximum Gasteiger partial charge on any atom is 0.258 e. The van der Waals surface area contributed by atoms with Crippen molar-refractivity contribution in [2.45, 2.75) is 18.9 Å². The summed E-state index contributed by atoms with van der Waals surface area (Å²) in [6, 6.07) is 4.79. The molecule has 6 heteroatoms. The van der Waals surface area contributed by atoms with Crippen LogP contribution in [0.5, 0.6) is 0 Å². The van der Waals surface area contributed by atoms with E-state index < -0.39 is 0 Å². The molecule has 1 aliphatic heterocycles. The van der Waals surface area contributed by atoms with Crippen LogP contribution < -0.4 is 0 Å². The monoisotopic (exact) mass is 269 g/mol. The molecule has 0 aromatic carbocycles. The predicted molar refractivity (Wildman–Crippen MR) is 63.9 cm³/mol. The summed E-state index contributed by atoms with van der Waals surface area (Å²) < 4.78 is 0. The Kier molecular flexibility index (Phi) is 3.51. The van der Waals surface area contributed by atoms with Gasteiger partial charge >= 0.3 is 0 Å². The molecule has 88 valence electrons. The fourth-order valence-electron chi connectivity index (χ4n) is 1.87. The minimum Gasteiger partial charge on any atom is -0.323 e. The number of carbonyl (C=O) groups excluding carboxylic acids is 1. The number of pyridine rings is 1. The zero-order valence-corrected chi connectivity index (χ0v) is 10.4. The van der Waals surface area contributed by atoms with E-state index in [0.29, 0.717) is 18.5 Å². The molecule has 0 saturated carbocycles. The topological polar surface area (TPSA) is 57.0 Å². The summed E-state index contributed by atoms with van der Waals surface area (Å²) >= 11 is 11.5. The van der Waals surface area contributed by atoms with Crippen LogP contribution in [0.2, 0.25) is 10.3 Å². The number of hydrogen-bond donors (Lipinski definition) is 0. The highest BCUT2D eigenvalue weighted by Crippen LogP contribution is 2.23. The molecule has 0 spiro atoms. The van der Waals surface area contributed by atoms with E-state index in [-0.39, 0.29) is 22.3 Å². The molecule has 4 nitrogen and oxygen atoms in total. The number of hydrogen-bond acceptors (Lipinski definition) is 3. The molecule has 0 radical (unpaired) electrons. The van der Waals surface area contributed by atoms with E-state index in [0.717, 1.165) is 6.42 Å². The number of amides is 1. The van der Waals surface area contributed by atoms with E-state index in [1.807, 2.05) is 0 Å². The van der Waals surface area contributed by atoms with Crippen LogP contribution in [0.15, 0.2) is 12.1 Å². The standard InChI is InChI=1S/C11H9Cl2N3O/c12-9-4-3-8(10(13)15-9)11(17)16-5-1-2-7(16)6-14/h3-4,7H,1-2,5H2. The molecule has 1 atom stereocenters. The molecule has 0 bridgehead atoms. The van der Waals surface area contributed by atoms with E-state index in [9.17, 15) is 4.79 Å². The molecule has 17 heavy (non-hydrogen) atoms. The van der Waals surface area contributed by atoms with Crippen molar-refractivity contribution in [3.63, 3.8) is 0 Å². The molecule has 0 aliphatic carbocycles. The molecule has 2 rings (SSSR count). The first-order valence-electron chi connectivity index (χ1n) is 5.16. The van der Waals surface area contributed by atoms with Gasteiger partial charge in [0.1, 0.15) is 16.3 Å². The summed E-state index contributed by atoms with van der Waals surface area (Å²) in [5, 5.41) is 9.25. The first-order valence-corrected chi connectivity index (χ1v) is 5.91. The second-order valence-corrected chi connectivity index (χ2v) is 4.50. The molecule has 1 aromatic rings. The largest absolute Gasteiger partial charge is 0.323 e. The summed E-state index contributed by atoms with van der Waals surface area (Å²) in [6.07, 6.45) is 1.55. The summed E-state index contributed by atoms with van der Waals surface area (Å²) in [5.41, 5.74) is 0.290. The Bertz CT molecular complexity index is 498. The van der Waals surface area contributed by atoms with Crippen LogP contribution >= 0.6 is 23.2 Å². The van der Waals surface area contributed by atoms with Gasteiger partial charge in [0.05, 0.1) is 11.6 Å². The molecule has 2 heterocycles.